The summed E-state index contributed by atoms with van der Waals surface area (Å²) in [5.74, 6) is 0.422. The molecule has 1 amide bonds. The van der Waals surface area contributed by atoms with E-state index in [0.717, 1.165) is 24.1 Å². The molecule has 152 valence electrons. The number of nitrogens with zero attached hydrogens (tertiary/aromatic N) is 4. The molecule has 0 radical (unpaired) electrons. The maximum Gasteiger partial charge on any atom is 0.329 e. The molecular formula is C19H22N6O4. The van der Waals surface area contributed by atoms with Gasteiger partial charge in [-0.1, -0.05) is 6.07 Å². The van der Waals surface area contributed by atoms with Gasteiger partial charge in [0.25, 0.3) is 0 Å². The monoisotopic (exact) mass is 398 g/mol. The molecule has 3 N–H and O–H groups in total. The van der Waals surface area contributed by atoms with Crippen molar-refractivity contribution in [2.24, 2.45) is 0 Å². The van der Waals surface area contributed by atoms with Gasteiger partial charge in [0.1, 0.15) is 6.20 Å². The summed E-state index contributed by atoms with van der Waals surface area (Å²) in [6, 6.07) is 5.52. The maximum absolute atomic E-state index is 11.5. The molecule has 0 bridgehead atoms. The lowest BCUT2D eigenvalue weighted by Gasteiger charge is -2.33. The molecule has 2 aliphatic rings. The van der Waals surface area contributed by atoms with Crippen LogP contribution in [0.2, 0.25) is 0 Å². The minimum Gasteiger partial charge on any atom is -0.393 e. The zero-order chi connectivity index (χ0) is 20.5. The number of hydrogen-bond donors (Lipinski definition) is 3. The van der Waals surface area contributed by atoms with Crippen LogP contribution >= 0.6 is 0 Å². The maximum atomic E-state index is 11.5. The SMILES string of the molecule is CN(c1nc(Nc2ccc3c(c2)NC(=O)C3)ncc1[N+](=O)[O-])[C@H]1CC[C@H](O)CC1. The number of hydrogen-bond acceptors (Lipinski definition) is 8. The van der Waals surface area contributed by atoms with Crippen molar-refractivity contribution in [1.82, 2.24) is 9.97 Å². The quantitative estimate of drug-likeness (QED) is 0.516. The van der Waals surface area contributed by atoms with Crippen LogP contribution in [-0.2, 0) is 11.2 Å². The Balaban J connectivity index is 1.59. The number of anilines is 4. The molecule has 1 saturated carbocycles. The van der Waals surface area contributed by atoms with Crippen molar-refractivity contribution in [2.45, 2.75) is 44.2 Å². The first-order chi connectivity index (χ1) is 13.9. The van der Waals surface area contributed by atoms with E-state index in [1.165, 1.54) is 6.20 Å². The van der Waals surface area contributed by atoms with Gasteiger partial charge < -0.3 is 20.6 Å². The summed E-state index contributed by atoms with van der Waals surface area (Å²) in [5.41, 5.74) is 2.17. The molecule has 2 heterocycles. The van der Waals surface area contributed by atoms with Gasteiger partial charge in [0, 0.05) is 24.5 Å². The van der Waals surface area contributed by atoms with Crippen molar-refractivity contribution in [2.75, 3.05) is 22.6 Å². The Kier molecular flexibility index (Phi) is 5.01. The van der Waals surface area contributed by atoms with E-state index < -0.39 is 4.92 Å². The summed E-state index contributed by atoms with van der Waals surface area (Å²) in [6.45, 7) is 0. The number of carbonyl (C=O) groups excluding carboxylic acids is 1. The molecule has 10 heteroatoms. The number of nitro groups is 1. The Labute approximate surface area is 167 Å². The Morgan fingerprint density at radius 1 is 1.31 bits per heavy atom. The van der Waals surface area contributed by atoms with Crippen LogP contribution in [0.3, 0.4) is 0 Å². The summed E-state index contributed by atoms with van der Waals surface area (Å²) in [6.07, 6.45) is 4.07. The number of amides is 1. The average molecular weight is 398 g/mol. The van der Waals surface area contributed by atoms with Gasteiger partial charge in [-0.15, -0.1) is 0 Å². The number of rotatable bonds is 5. The molecule has 1 aliphatic heterocycles. The summed E-state index contributed by atoms with van der Waals surface area (Å²) >= 11 is 0. The van der Waals surface area contributed by atoms with Crippen molar-refractivity contribution in [3.63, 3.8) is 0 Å². The number of benzene rings is 1. The second-order valence-corrected chi connectivity index (χ2v) is 7.45. The van der Waals surface area contributed by atoms with Gasteiger partial charge in [0.2, 0.25) is 17.7 Å². The van der Waals surface area contributed by atoms with E-state index in [9.17, 15) is 20.0 Å². The lowest BCUT2D eigenvalue weighted by atomic mass is 9.92. The van der Waals surface area contributed by atoms with Crippen LogP contribution in [0.5, 0.6) is 0 Å². The Bertz CT molecular complexity index is 958. The first-order valence-electron chi connectivity index (χ1n) is 9.53. The second-order valence-electron chi connectivity index (χ2n) is 7.45. The molecule has 0 unspecified atom stereocenters. The van der Waals surface area contributed by atoms with E-state index in [1.54, 1.807) is 18.0 Å². The molecule has 1 aliphatic carbocycles. The second kappa shape index (κ2) is 7.63. The molecule has 29 heavy (non-hydrogen) atoms. The number of fused-ring (bicyclic) bond motifs is 1. The van der Waals surface area contributed by atoms with Crippen LogP contribution < -0.4 is 15.5 Å². The van der Waals surface area contributed by atoms with Crippen molar-refractivity contribution in [3.05, 3.63) is 40.1 Å². The van der Waals surface area contributed by atoms with Crippen LogP contribution in [0.15, 0.2) is 24.4 Å². The van der Waals surface area contributed by atoms with Crippen molar-refractivity contribution in [1.29, 1.82) is 0 Å². The number of nitrogens with one attached hydrogen (secondary N) is 2. The predicted octanol–water partition coefficient (Wildman–Crippen LogP) is 2.36. The highest BCUT2D eigenvalue weighted by Crippen LogP contribution is 2.32. The van der Waals surface area contributed by atoms with E-state index in [1.807, 2.05) is 12.1 Å². The molecule has 10 nitrogen and oxygen atoms in total. The van der Waals surface area contributed by atoms with E-state index in [4.69, 9.17) is 0 Å². The lowest BCUT2D eigenvalue weighted by Crippen LogP contribution is -2.37. The first kappa shape index (κ1) is 19.1. The van der Waals surface area contributed by atoms with Crippen LogP contribution in [0, 0.1) is 10.1 Å². The van der Waals surface area contributed by atoms with Gasteiger partial charge in [-0.05, 0) is 43.4 Å². The van der Waals surface area contributed by atoms with Gasteiger partial charge in [-0.3, -0.25) is 14.9 Å². The molecule has 4 rings (SSSR count). The molecular weight excluding hydrogens is 376 g/mol. The van der Waals surface area contributed by atoms with Crippen molar-refractivity contribution in [3.8, 4) is 0 Å². The van der Waals surface area contributed by atoms with Gasteiger partial charge in [-0.2, -0.15) is 4.98 Å². The van der Waals surface area contributed by atoms with Gasteiger partial charge in [-0.25, -0.2) is 4.98 Å². The normalized spacial score (nSPS) is 20.7. The predicted molar refractivity (Wildman–Crippen MR) is 107 cm³/mol. The van der Waals surface area contributed by atoms with E-state index in [0.29, 0.717) is 24.9 Å². The number of carbonyl (C=O) groups is 1. The van der Waals surface area contributed by atoms with Gasteiger partial charge >= 0.3 is 5.69 Å². The van der Waals surface area contributed by atoms with Gasteiger partial charge in [0.05, 0.1) is 17.4 Å². The van der Waals surface area contributed by atoms with Crippen molar-refractivity contribution >= 4 is 34.7 Å². The Hall–Kier alpha value is -3.27. The fourth-order valence-electron chi connectivity index (χ4n) is 3.85. The Morgan fingerprint density at radius 3 is 2.79 bits per heavy atom. The summed E-state index contributed by atoms with van der Waals surface area (Å²) in [7, 11) is 1.78. The fourth-order valence-corrected chi connectivity index (χ4v) is 3.85. The molecule has 0 saturated heterocycles. The van der Waals surface area contributed by atoms with E-state index >= 15 is 0 Å². The summed E-state index contributed by atoms with van der Waals surface area (Å²) in [4.78, 5) is 32.8. The average Bonchev–Trinajstić information content (AvgIpc) is 3.07. The standard InChI is InChI=1S/C19H22N6O4/c1-24(13-4-6-14(26)7-5-13)18-16(25(28)29)10-20-19(23-18)21-12-3-2-11-8-17(27)22-15(11)9-12/h2-3,9-10,13-14,26H,4-8H2,1H3,(H,22,27)(H,20,21,23)/t13-,14-. The molecule has 1 aromatic heterocycles. The van der Waals surface area contributed by atoms with Crippen LogP contribution in [0.25, 0.3) is 0 Å². The minimum atomic E-state index is -0.488. The summed E-state index contributed by atoms with van der Waals surface area (Å²) < 4.78 is 0. The third-order valence-corrected chi connectivity index (χ3v) is 5.49. The molecule has 2 aromatic rings. The molecule has 0 spiro atoms. The highest BCUT2D eigenvalue weighted by atomic mass is 16.6. The molecule has 1 fully saturated rings. The van der Waals surface area contributed by atoms with E-state index in [2.05, 4.69) is 20.6 Å². The Morgan fingerprint density at radius 2 is 2.07 bits per heavy atom. The highest BCUT2D eigenvalue weighted by molar-refractivity contribution is 5.99. The zero-order valence-electron chi connectivity index (χ0n) is 16.0. The zero-order valence-corrected chi connectivity index (χ0v) is 16.0. The number of aliphatic hydroxyl groups is 1. The van der Waals surface area contributed by atoms with Gasteiger partial charge in [0.15, 0.2) is 0 Å². The molecule has 1 aromatic carbocycles. The third kappa shape index (κ3) is 3.97. The van der Waals surface area contributed by atoms with Crippen LogP contribution in [0.4, 0.5) is 28.8 Å². The fraction of sp³-hybridized carbons (Fsp3) is 0.421. The van der Waals surface area contributed by atoms with E-state index in [-0.39, 0.29) is 35.5 Å². The minimum absolute atomic E-state index is 0.0507. The highest BCUT2D eigenvalue weighted by Gasteiger charge is 2.29. The largest absolute Gasteiger partial charge is 0.393 e. The van der Waals surface area contributed by atoms with Crippen molar-refractivity contribution < 1.29 is 14.8 Å². The third-order valence-electron chi connectivity index (χ3n) is 5.49. The first-order valence-corrected chi connectivity index (χ1v) is 9.53. The van der Waals surface area contributed by atoms with Crippen LogP contribution in [0.1, 0.15) is 31.2 Å². The molecule has 0 atom stereocenters. The topological polar surface area (TPSA) is 134 Å². The number of aliphatic hydroxyl groups excluding tert-OH is 1. The lowest BCUT2D eigenvalue weighted by molar-refractivity contribution is -0.384. The smallest absolute Gasteiger partial charge is 0.329 e. The summed E-state index contributed by atoms with van der Waals surface area (Å²) in [5, 5.41) is 27.1. The number of aromatic nitrogens is 2. The van der Waals surface area contributed by atoms with Crippen LogP contribution in [-0.4, -0.2) is 45.1 Å².